The van der Waals surface area contributed by atoms with Crippen molar-refractivity contribution >= 4 is 22.9 Å². The smallest absolute Gasteiger partial charge is 0.220 e. The van der Waals surface area contributed by atoms with E-state index in [2.05, 4.69) is 15.0 Å². The molecule has 2 aromatic heterocycles. The standard InChI is InChI=1S/C14H20N6O5/c15-11-8-13(18-4-17-11)20(5-19-8)14-10(23)9(22)7(25-14)3-6(1-2-21)12(16)24/h4-7,9-10,14,21-23H,1-3H2,(H2,16,24)(H2,15,17,18)/t6-,7-,9-,10-,14-/m1/s1. The van der Waals surface area contributed by atoms with Crippen molar-refractivity contribution in [3.05, 3.63) is 12.7 Å². The zero-order valence-electron chi connectivity index (χ0n) is 13.3. The maximum absolute atomic E-state index is 11.5. The van der Waals surface area contributed by atoms with E-state index in [1.165, 1.54) is 17.2 Å². The number of aromatic nitrogens is 4. The first kappa shape index (κ1) is 17.5. The zero-order chi connectivity index (χ0) is 18.1. The number of aliphatic hydroxyl groups excluding tert-OH is 3. The molecular formula is C14H20N6O5. The second-order valence-electron chi connectivity index (χ2n) is 5.98. The molecule has 0 aromatic carbocycles. The van der Waals surface area contributed by atoms with Gasteiger partial charge in [0.2, 0.25) is 5.91 Å². The van der Waals surface area contributed by atoms with Crippen LogP contribution in [0.25, 0.3) is 11.2 Å². The number of fused-ring (bicyclic) bond motifs is 1. The third-order valence-corrected chi connectivity index (χ3v) is 4.40. The van der Waals surface area contributed by atoms with E-state index in [4.69, 9.17) is 21.3 Å². The van der Waals surface area contributed by atoms with Gasteiger partial charge >= 0.3 is 0 Å². The number of hydrogen-bond acceptors (Lipinski definition) is 9. The third-order valence-electron chi connectivity index (χ3n) is 4.40. The van der Waals surface area contributed by atoms with E-state index in [9.17, 15) is 15.0 Å². The molecule has 3 heterocycles. The lowest BCUT2D eigenvalue weighted by atomic mass is 9.94. The van der Waals surface area contributed by atoms with Crippen molar-refractivity contribution in [1.82, 2.24) is 19.5 Å². The monoisotopic (exact) mass is 352 g/mol. The van der Waals surface area contributed by atoms with E-state index >= 15 is 0 Å². The van der Waals surface area contributed by atoms with Crippen molar-refractivity contribution in [2.45, 2.75) is 37.4 Å². The van der Waals surface area contributed by atoms with Gasteiger partial charge < -0.3 is 31.5 Å². The summed E-state index contributed by atoms with van der Waals surface area (Å²) in [5, 5.41) is 29.6. The molecule has 1 aliphatic rings. The van der Waals surface area contributed by atoms with Gasteiger partial charge in [0.15, 0.2) is 17.7 Å². The molecule has 7 N–H and O–H groups in total. The quantitative estimate of drug-likeness (QED) is 0.389. The topological polar surface area (TPSA) is 183 Å². The van der Waals surface area contributed by atoms with Crippen molar-refractivity contribution in [2.24, 2.45) is 11.7 Å². The number of amides is 1. The lowest BCUT2D eigenvalue weighted by Crippen LogP contribution is -2.35. The number of imidazole rings is 1. The third kappa shape index (κ3) is 3.14. The number of anilines is 1. The predicted molar refractivity (Wildman–Crippen MR) is 84.7 cm³/mol. The first-order valence-corrected chi connectivity index (χ1v) is 7.78. The van der Waals surface area contributed by atoms with Crippen LogP contribution in [-0.4, -0.2) is 65.7 Å². The van der Waals surface area contributed by atoms with Crippen LogP contribution in [0.15, 0.2) is 12.7 Å². The molecule has 5 atom stereocenters. The molecule has 0 saturated carbocycles. The van der Waals surface area contributed by atoms with Crippen LogP contribution >= 0.6 is 0 Å². The number of nitrogens with zero attached hydrogens (tertiary/aromatic N) is 4. The largest absolute Gasteiger partial charge is 0.396 e. The number of carbonyl (C=O) groups excluding carboxylic acids is 1. The molecule has 0 aliphatic carbocycles. The van der Waals surface area contributed by atoms with Gasteiger partial charge in [-0.05, 0) is 12.8 Å². The first-order valence-electron chi connectivity index (χ1n) is 7.78. The average molecular weight is 352 g/mol. The summed E-state index contributed by atoms with van der Waals surface area (Å²) < 4.78 is 7.19. The number of hydrogen-bond donors (Lipinski definition) is 5. The minimum absolute atomic E-state index is 0.0778. The van der Waals surface area contributed by atoms with Crippen LogP contribution in [-0.2, 0) is 9.53 Å². The fraction of sp³-hybridized carbons (Fsp3) is 0.571. The Kier molecular flexibility index (Phi) is 4.81. The summed E-state index contributed by atoms with van der Waals surface area (Å²) in [4.78, 5) is 23.5. The summed E-state index contributed by atoms with van der Waals surface area (Å²) in [6.45, 7) is -0.218. The van der Waals surface area contributed by atoms with Gasteiger partial charge in [0.25, 0.3) is 0 Å². The number of nitrogens with two attached hydrogens (primary N) is 2. The van der Waals surface area contributed by atoms with Crippen LogP contribution in [0, 0.1) is 5.92 Å². The van der Waals surface area contributed by atoms with Gasteiger partial charge in [-0.3, -0.25) is 9.36 Å². The van der Waals surface area contributed by atoms with E-state index < -0.39 is 36.4 Å². The number of nitrogen functional groups attached to an aromatic ring is 1. The van der Waals surface area contributed by atoms with Crippen LogP contribution in [0.4, 0.5) is 5.82 Å². The minimum Gasteiger partial charge on any atom is -0.396 e. The van der Waals surface area contributed by atoms with Crippen LogP contribution in [0.1, 0.15) is 19.1 Å². The molecule has 1 saturated heterocycles. The fourth-order valence-electron chi connectivity index (χ4n) is 3.02. The minimum atomic E-state index is -1.26. The maximum atomic E-state index is 11.5. The van der Waals surface area contributed by atoms with E-state index in [1.54, 1.807) is 0 Å². The van der Waals surface area contributed by atoms with Gasteiger partial charge in [-0.15, -0.1) is 0 Å². The zero-order valence-corrected chi connectivity index (χ0v) is 13.3. The molecule has 136 valence electrons. The second kappa shape index (κ2) is 6.88. The first-order chi connectivity index (χ1) is 11.9. The van der Waals surface area contributed by atoms with Crippen molar-refractivity contribution in [1.29, 1.82) is 0 Å². The summed E-state index contributed by atoms with van der Waals surface area (Å²) in [5.74, 6) is -1.09. The van der Waals surface area contributed by atoms with E-state index in [1.807, 2.05) is 0 Å². The van der Waals surface area contributed by atoms with Crippen molar-refractivity contribution < 1.29 is 24.9 Å². The van der Waals surface area contributed by atoms with Gasteiger partial charge in [0, 0.05) is 12.5 Å². The molecule has 0 bridgehead atoms. The molecule has 0 unspecified atom stereocenters. The summed E-state index contributed by atoms with van der Waals surface area (Å²) in [5.41, 5.74) is 11.7. The summed E-state index contributed by atoms with van der Waals surface area (Å²) in [7, 11) is 0. The highest BCUT2D eigenvalue weighted by atomic mass is 16.6. The molecule has 25 heavy (non-hydrogen) atoms. The van der Waals surface area contributed by atoms with Gasteiger partial charge in [-0.2, -0.15) is 0 Å². The fourth-order valence-corrected chi connectivity index (χ4v) is 3.02. The van der Waals surface area contributed by atoms with E-state index in [0.717, 1.165) is 0 Å². The Morgan fingerprint density at radius 2 is 2.08 bits per heavy atom. The Labute approximate surface area is 142 Å². The molecule has 1 amide bonds. The number of ether oxygens (including phenoxy) is 1. The normalized spacial score (nSPS) is 27.6. The SMILES string of the molecule is NC(=O)[C@H](CCO)C[C@H]1O[C@@H](n2cnc3c(N)ncnc32)[C@H](O)[C@@H]1O. The van der Waals surface area contributed by atoms with Crippen LogP contribution < -0.4 is 11.5 Å². The molecular weight excluding hydrogens is 332 g/mol. The van der Waals surface area contributed by atoms with E-state index in [-0.39, 0.29) is 25.3 Å². The van der Waals surface area contributed by atoms with E-state index in [0.29, 0.717) is 11.2 Å². The molecule has 11 heteroatoms. The number of aliphatic hydroxyl groups is 3. The van der Waals surface area contributed by atoms with Crippen LogP contribution in [0.2, 0.25) is 0 Å². The lowest BCUT2D eigenvalue weighted by Gasteiger charge is -2.19. The average Bonchev–Trinajstić information content (AvgIpc) is 3.11. The van der Waals surface area contributed by atoms with Crippen molar-refractivity contribution in [3.8, 4) is 0 Å². The van der Waals surface area contributed by atoms with Gasteiger partial charge in [-0.25, -0.2) is 15.0 Å². The highest BCUT2D eigenvalue weighted by molar-refractivity contribution is 5.81. The molecule has 0 spiro atoms. The van der Waals surface area contributed by atoms with Gasteiger partial charge in [-0.1, -0.05) is 0 Å². The number of primary amides is 1. The van der Waals surface area contributed by atoms with Crippen molar-refractivity contribution in [3.63, 3.8) is 0 Å². The van der Waals surface area contributed by atoms with Gasteiger partial charge in [0.05, 0.1) is 12.4 Å². The molecule has 0 radical (unpaired) electrons. The Hall–Kier alpha value is -2.34. The Morgan fingerprint density at radius 3 is 2.76 bits per heavy atom. The summed E-state index contributed by atoms with van der Waals surface area (Å²) in [6.07, 6.45) is -1.41. The van der Waals surface area contributed by atoms with Crippen LogP contribution in [0.5, 0.6) is 0 Å². The molecule has 1 fully saturated rings. The number of rotatable bonds is 6. The molecule has 1 aliphatic heterocycles. The summed E-state index contributed by atoms with van der Waals surface area (Å²) >= 11 is 0. The Morgan fingerprint density at radius 1 is 1.32 bits per heavy atom. The van der Waals surface area contributed by atoms with Crippen molar-refractivity contribution in [2.75, 3.05) is 12.3 Å². The van der Waals surface area contributed by atoms with Gasteiger partial charge in [0.1, 0.15) is 24.1 Å². The molecule has 2 aromatic rings. The second-order valence-corrected chi connectivity index (χ2v) is 5.98. The highest BCUT2D eigenvalue weighted by Crippen LogP contribution is 2.34. The predicted octanol–water partition coefficient (Wildman–Crippen LogP) is -2.10. The van der Waals surface area contributed by atoms with Crippen LogP contribution in [0.3, 0.4) is 0 Å². The number of carbonyl (C=O) groups is 1. The molecule has 11 nitrogen and oxygen atoms in total. The Balaban J connectivity index is 1.84. The Bertz CT molecular complexity index is 767. The highest BCUT2D eigenvalue weighted by Gasteiger charge is 2.45. The lowest BCUT2D eigenvalue weighted by molar-refractivity contribution is -0.124. The molecule has 3 rings (SSSR count). The maximum Gasteiger partial charge on any atom is 0.220 e. The summed E-state index contributed by atoms with van der Waals surface area (Å²) in [6, 6.07) is 0.